The lowest BCUT2D eigenvalue weighted by atomic mass is 9.43. The lowest BCUT2D eigenvalue weighted by Crippen LogP contribution is -2.58. The van der Waals surface area contributed by atoms with Crippen LogP contribution in [0.15, 0.2) is 28.4 Å². The molecule has 0 spiro atoms. The van der Waals surface area contributed by atoms with Gasteiger partial charge in [0.2, 0.25) is 5.88 Å². The smallest absolute Gasteiger partial charge is 0.271 e. The highest BCUT2D eigenvalue weighted by Crippen LogP contribution is 2.68. The fourth-order valence-corrected chi connectivity index (χ4v) is 10.3. The average Bonchev–Trinajstić information content (AvgIpc) is 3.46. The molecule has 0 unspecified atom stereocenters. The molecular formula is C32H44N4O6. The van der Waals surface area contributed by atoms with E-state index in [2.05, 4.69) is 36.0 Å². The zero-order valence-electron chi connectivity index (χ0n) is 24.8. The molecule has 1 heterocycles. The van der Waals surface area contributed by atoms with Crippen molar-refractivity contribution in [2.75, 3.05) is 0 Å². The molecule has 10 nitrogen and oxygen atoms in total. The van der Waals surface area contributed by atoms with Gasteiger partial charge in [0.05, 0.1) is 22.6 Å². The topological polar surface area (TPSA) is 161 Å². The van der Waals surface area contributed by atoms with Crippen molar-refractivity contribution in [1.82, 2.24) is 4.98 Å². The van der Waals surface area contributed by atoms with Gasteiger partial charge in [-0.15, -0.1) is 10.2 Å². The van der Waals surface area contributed by atoms with Crippen LogP contribution < -0.4 is 0 Å². The van der Waals surface area contributed by atoms with E-state index in [0.29, 0.717) is 52.8 Å². The van der Waals surface area contributed by atoms with Gasteiger partial charge in [0.25, 0.3) is 11.6 Å². The molecule has 228 valence electrons. The Labute approximate surface area is 246 Å². The summed E-state index contributed by atoms with van der Waals surface area (Å²) in [6, 6.07) is 4.12. The van der Waals surface area contributed by atoms with E-state index in [1.54, 1.807) is 0 Å². The number of carbonyl (C=O) groups is 1. The molecule has 4 fully saturated rings. The number of nitro groups is 1. The van der Waals surface area contributed by atoms with Gasteiger partial charge in [0.1, 0.15) is 0 Å². The summed E-state index contributed by atoms with van der Waals surface area (Å²) in [5.41, 5.74) is 0.684. The van der Waals surface area contributed by atoms with Gasteiger partial charge in [0.15, 0.2) is 5.69 Å². The molecule has 4 aliphatic rings. The molecule has 10 atom stereocenters. The summed E-state index contributed by atoms with van der Waals surface area (Å²) >= 11 is 0. The predicted octanol–water partition coefficient (Wildman–Crippen LogP) is 6.80. The van der Waals surface area contributed by atoms with E-state index in [4.69, 9.17) is 0 Å². The van der Waals surface area contributed by atoms with Crippen LogP contribution in [0.1, 0.15) is 85.0 Å². The third kappa shape index (κ3) is 4.75. The normalized spacial score (nSPS) is 38.6. The summed E-state index contributed by atoms with van der Waals surface area (Å²) in [5.74, 6) is 1.88. The molecule has 6 rings (SSSR count). The highest BCUT2D eigenvalue weighted by atomic mass is 16.6. The van der Waals surface area contributed by atoms with Crippen molar-refractivity contribution in [2.45, 2.75) is 97.2 Å². The van der Waals surface area contributed by atoms with E-state index in [9.17, 15) is 30.2 Å². The summed E-state index contributed by atoms with van der Waals surface area (Å²) in [7, 11) is 0. The van der Waals surface area contributed by atoms with Crippen LogP contribution in [0.2, 0.25) is 0 Å². The highest BCUT2D eigenvalue weighted by molar-refractivity contribution is 5.95. The van der Waals surface area contributed by atoms with Crippen molar-refractivity contribution in [3.63, 3.8) is 0 Å². The van der Waals surface area contributed by atoms with Crippen LogP contribution in [0, 0.1) is 56.5 Å². The highest BCUT2D eigenvalue weighted by Gasteiger charge is 2.62. The summed E-state index contributed by atoms with van der Waals surface area (Å²) in [4.78, 5) is 25.9. The first-order valence-corrected chi connectivity index (χ1v) is 15.7. The number of non-ortho nitro benzene ring substituents is 1. The maximum absolute atomic E-state index is 12.7. The summed E-state index contributed by atoms with van der Waals surface area (Å²) < 4.78 is 0. The number of azo groups is 1. The summed E-state index contributed by atoms with van der Waals surface area (Å²) in [5, 5.41) is 51.4. The minimum absolute atomic E-state index is 0.0960. The van der Waals surface area contributed by atoms with E-state index < -0.39 is 4.92 Å². The number of nitro benzene ring substituents is 1. The zero-order chi connectivity index (χ0) is 30.0. The number of aliphatic hydroxyl groups is 2. The van der Waals surface area contributed by atoms with E-state index in [0.717, 1.165) is 51.4 Å². The minimum Gasteiger partial charge on any atom is -0.493 e. The van der Waals surface area contributed by atoms with Crippen molar-refractivity contribution in [2.24, 2.45) is 56.6 Å². The van der Waals surface area contributed by atoms with Gasteiger partial charge in [-0.25, -0.2) is 0 Å². The molecule has 0 radical (unpaired) electrons. The van der Waals surface area contributed by atoms with Crippen molar-refractivity contribution in [3.8, 4) is 5.88 Å². The van der Waals surface area contributed by atoms with E-state index in [-0.39, 0.29) is 52.6 Å². The maximum Gasteiger partial charge on any atom is 0.271 e. The lowest BCUT2D eigenvalue weighted by Gasteiger charge is -2.62. The average molecular weight is 581 g/mol. The number of hydrogen-bond acceptors (Lipinski definition) is 7. The summed E-state index contributed by atoms with van der Waals surface area (Å²) in [6.07, 6.45) is 8.52. The first kappa shape index (κ1) is 29.2. The number of carbonyl (C=O) groups excluding carboxylic acids is 1. The Morgan fingerprint density at radius 1 is 1.12 bits per heavy atom. The second-order valence-corrected chi connectivity index (χ2v) is 14.4. The Hall–Kier alpha value is -2.85. The molecule has 4 saturated carbocycles. The number of aliphatic hydroxyl groups excluding tert-OH is 2. The predicted molar refractivity (Wildman–Crippen MR) is 157 cm³/mol. The standard InChI is InChI=1S/C32H44N4O6/c1-17(4-9-27(39)34-35-29-21-6-5-19(36(41)42)16-25(21)33-30(29)40)22-7-8-23-28-24(11-13-32(22,23)3)31(2)12-10-20(37)14-18(31)15-26(28)38/h5-6,16-18,20,22-24,26,28,33,37-38,40H,4,7-15H2,1-3H3/t17-,18-,20+,22+,23-,24-,26-,28-,31+,32+/m1/s1. The molecule has 0 bridgehead atoms. The number of aromatic hydroxyl groups is 1. The van der Waals surface area contributed by atoms with Crippen molar-refractivity contribution >= 4 is 28.2 Å². The van der Waals surface area contributed by atoms with E-state index in [1.165, 1.54) is 18.2 Å². The van der Waals surface area contributed by atoms with Crippen LogP contribution in [-0.2, 0) is 4.79 Å². The Morgan fingerprint density at radius 2 is 1.86 bits per heavy atom. The zero-order valence-corrected chi connectivity index (χ0v) is 24.8. The number of H-pyrrole nitrogens is 1. The molecule has 0 saturated heterocycles. The number of amides is 1. The molecule has 1 aromatic carbocycles. The number of aromatic amines is 1. The molecule has 10 heteroatoms. The maximum atomic E-state index is 12.7. The van der Waals surface area contributed by atoms with Crippen molar-refractivity contribution in [3.05, 3.63) is 28.3 Å². The number of nitrogens with zero attached hydrogens (tertiary/aromatic N) is 3. The van der Waals surface area contributed by atoms with Crippen LogP contribution in [0.5, 0.6) is 5.88 Å². The largest absolute Gasteiger partial charge is 0.493 e. The second-order valence-electron chi connectivity index (χ2n) is 14.4. The third-order valence-corrected chi connectivity index (χ3v) is 12.4. The van der Waals surface area contributed by atoms with E-state index >= 15 is 0 Å². The Balaban J connectivity index is 1.10. The molecule has 1 aromatic heterocycles. The van der Waals surface area contributed by atoms with Crippen LogP contribution in [0.25, 0.3) is 10.9 Å². The van der Waals surface area contributed by atoms with Gasteiger partial charge in [-0.2, -0.15) is 0 Å². The Bertz CT molecular complexity index is 1410. The molecule has 2 aromatic rings. The van der Waals surface area contributed by atoms with Gasteiger partial charge in [-0.3, -0.25) is 14.9 Å². The number of benzene rings is 1. The first-order chi connectivity index (χ1) is 19.9. The molecule has 4 N–H and O–H groups in total. The van der Waals surface area contributed by atoms with Gasteiger partial charge in [-0.05, 0) is 110 Å². The van der Waals surface area contributed by atoms with Crippen LogP contribution >= 0.6 is 0 Å². The van der Waals surface area contributed by atoms with Crippen LogP contribution in [0.3, 0.4) is 0 Å². The lowest BCUT2D eigenvalue weighted by molar-refractivity contribution is -0.384. The quantitative estimate of drug-likeness (QED) is 0.167. The Morgan fingerprint density at radius 3 is 2.62 bits per heavy atom. The molecule has 4 aliphatic carbocycles. The van der Waals surface area contributed by atoms with Gasteiger partial charge < -0.3 is 20.3 Å². The van der Waals surface area contributed by atoms with Crippen molar-refractivity contribution < 1.29 is 25.0 Å². The molecule has 42 heavy (non-hydrogen) atoms. The molecule has 1 amide bonds. The van der Waals surface area contributed by atoms with Gasteiger partial charge in [0, 0.05) is 23.9 Å². The first-order valence-electron chi connectivity index (χ1n) is 15.7. The molecular weight excluding hydrogens is 536 g/mol. The number of nitrogens with one attached hydrogen (secondary N) is 1. The fourth-order valence-electron chi connectivity index (χ4n) is 10.3. The fraction of sp³-hybridized carbons (Fsp3) is 0.719. The molecule has 0 aliphatic heterocycles. The SMILES string of the molecule is C[C@H](CCC(=O)N=Nc1c(O)[nH]c2cc([N+](=O)[O-])ccc12)[C@@H]1CC[C@@H]2[C@H]3[C@H](O)C[C@H]4C[C@@H](O)CC[C@]4(C)[C@@H]3CC[C@]21C. The number of hydrogen-bond donors (Lipinski definition) is 4. The number of aromatic nitrogens is 1. The minimum atomic E-state index is -0.516. The summed E-state index contributed by atoms with van der Waals surface area (Å²) in [6.45, 7) is 7.11. The van der Waals surface area contributed by atoms with Gasteiger partial charge in [-0.1, -0.05) is 20.8 Å². The van der Waals surface area contributed by atoms with E-state index in [1.807, 2.05) is 0 Å². The third-order valence-electron chi connectivity index (χ3n) is 12.4. The Kier molecular flexibility index (Phi) is 7.45. The number of fused-ring (bicyclic) bond motifs is 6. The van der Waals surface area contributed by atoms with Crippen LogP contribution in [0.4, 0.5) is 11.4 Å². The monoisotopic (exact) mass is 580 g/mol. The second kappa shape index (κ2) is 10.7. The van der Waals surface area contributed by atoms with Gasteiger partial charge >= 0.3 is 0 Å². The van der Waals surface area contributed by atoms with Crippen LogP contribution in [-0.4, -0.2) is 43.3 Å². The number of rotatable bonds is 6. The van der Waals surface area contributed by atoms with Crippen molar-refractivity contribution in [1.29, 1.82) is 0 Å².